The number of ether oxygens (including phenoxy) is 1. The van der Waals surface area contributed by atoms with Crippen LogP contribution in [0, 0.1) is 0 Å². The molecule has 0 bridgehead atoms. The summed E-state index contributed by atoms with van der Waals surface area (Å²) in [4.78, 5) is 30.4. The van der Waals surface area contributed by atoms with E-state index in [0.29, 0.717) is 29.8 Å². The number of nitrogens with zero attached hydrogens (tertiary/aromatic N) is 2. The number of carbonyl (C=O) groups is 1. The fraction of sp³-hybridized carbons (Fsp3) is 0.348. The maximum atomic E-state index is 13.0. The van der Waals surface area contributed by atoms with E-state index in [1.165, 1.54) is 0 Å². The highest BCUT2D eigenvalue weighted by Gasteiger charge is 2.29. The number of aromatic nitrogens is 2. The average molecular weight is 468 g/mol. The van der Waals surface area contributed by atoms with Crippen molar-refractivity contribution < 1.29 is 9.53 Å². The van der Waals surface area contributed by atoms with E-state index in [2.05, 4.69) is 21.2 Å². The Morgan fingerprint density at radius 1 is 1.20 bits per heavy atom. The molecule has 6 nitrogen and oxygen atoms in total. The second kappa shape index (κ2) is 7.87. The largest absolute Gasteiger partial charge is 0.493 e. The summed E-state index contributed by atoms with van der Waals surface area (Å²) >= 11 is 3.49. The standard InChI is InChI=1S/C23H22BrN3O3/c24-14-5-8-20-17(13-14)19(11-12-30-20)26-22(28)10-9-21-25-18-4-2-1-3-16(18)23(29)27(21)15-6-7-15/h1-5,8,13,15,19H,6-7,9-12H2,(H,26,28). The zero-order valence-corrected chi connectivity index (χ0v) is 18.0. The summed E-state index contributed by atoms with van der Waals surface area (Å²) in [7, 11) is 0. The number of nitrogens with one attached hydrogen (secondary N) is 1. The van der Waals surface area contributed by atoms with Crippen molar-refractivity contribution in [3.63, 3.8) is 0 Å². The molecule has 0 radical (unpaired) electrons. The van der Waals surface area contributed by atoms with E-state index in [-0.39, 0.29) is 30.0 Å². The molecule has 1 fully saturated rings. The monoisotopic (exact) mass is 467 g/mol. The second-order valence-corrected chi connectivity index (χ2v) is 8.81. The first-order chi connectivity index (χ1) is 14.6. The van der Waals surface area contributed by atoms with E-state index in [1.807, 2.05) is 42.5 Å². The third-order valence-corrected chi connectivity index (χ3v) is 6.21. The molecule has 1 aromatic heterocycles. The molecule has 1 amide bonds. The molecule has 154 valence electrons. The highest BCUT2D eigenvalue weighted by atomic mass is 79.9. The number of hydrogen-bond acceptors (Lipinski definition) is 4. The predicted molar refractivity (Wildman–Crippen MR) is 118 cm³/mol. The Kier molecular flexibility index (Phi) is 5.06. The highest BCUT2D eigenvalue weighted by Crippen LogP contribution is 2.35. The Hall–Kier alpha value is -2.67. The maximum absolute atomic E-state index is 13.0. The van der Waals surface area contributed by atoms with Gasteiger partial charge in [-0.15, -0.1) is 0 Å². The van der Waals surface area contributed by atoms with E-state index in [4.69, 9.17) is 9.72 Å². The van der Waals surface area contributed by atoms with Gasteiger partial charge in [-0.1, -0.05) is 28.1 Å². The van der Waals surface area contributed by atoms with Crippen LogP contribution in [0.15, 0.2) is 51.7 Å². The highest BCUT2D eigenvalue weighted by molar-refractivity contribution is 9.10. The molecule has 1 N–H and O–H groups in total. The van der Waals surface area contributed by atoms with Crippen LogP contribution in [0.3, 0.4) is 0 Å². The van der Waals surface area contributed by atoms with Crippen LogP contribution in [0.2, 0.25) is 0 Å². The van der Waals surface area contributed by atoms with Gasteiger partial charge in [0, 0.05) is 35.3 Å². The fourth-order valence-electron chi connectivity index (χ4n) is 4.08. The summed E-state index contributed by atoms with van der Waals surface area (Å²) in [5, 5.41) is 3.77. The number of amides is 1. The van der Waals surface area contributed by atoms with Crippen molar-refractivity contribution in [1.29, 1.82) is 0 Å². The second-order valence-electron chi connectivity index (χ2n) is 7.89. The Morgan fingerprint density at radius 3 is 2.87 bits per heavy atom. The molecule has 1 atom stereocenters. The quantitative estimate of drug-likeness (QED) is 0.613. The number of rotatable bonds is 5. The van der Waals surface area contributed by atoms with Gasteiger partial charge >= 0.3 is 0 Å². The molecule has 0 spiro atoms. The smallest absolute Gasteiger partial charge is 0.261 e. The molecule has 2 heterocycles. The first kappa shape index (κ1) is 19.3. The van der Waals surface area contributed by atoms with Crippen molar-refractivity contribution in [3.8, 4) is 5.75 Å². The first-order valence-electron chi connectivity index (χ1n) is 10.3. The van der Waals surface area contributed by atoms with Crippen LogP contribution in [-0.2, 0) is 11.2 Å². The summed E-state index contributed by atoms with van der Waals surface area (Å²) in [6, 6.07) is 13.4. The molecule has 1 unspecified atom stereocenters. The van der Waals surface area contributed by atoms with Crippen LogP contribution in [0.5, 0.6) is 5.75 Å². The molecule has 7 heteroatoms. The third-order valence-electron chi connectivity index (χ3n) is 5.72. The van der Waals surface area contributed by atoms with Crippen molar-refractivity contribution in [2.75, 3.05) is 6.61 Å². The Bertz CT molecular complexity index is 1190. The lowest BCUT2D eigenvalue weighted by Gasteiger charge is -2.27. The van der Waals surface area contributed by atoms with Crippen molar-refractivity contribution in [2.24, 2.45) is 0 Å². The van der Waals surface area contributed by atoms with Crippen LogP contribution < -0.4 is 15.6 Å². The number of benzene rings is 2. The van der Waals surface area contributed by atoms with Crippen LogP contribution >= 0.6 is 15.9 Å². The molecular formula is C23H22BrN3O3. The molecule has 2 aromatic carbocycles. The lowest BCUT2D eigenvalue weighted by Crippen LogP contribution is -2.33. The average Bonchev–Trinajstić information content (AvgIpc) is 3.58. The van der Waals surface area contributed by atoms with E-state index in [0.717, 1.165) is 35.0 Å². The summed E-state index contributed by atoms with van der Waals surface area (Å²) < 4.78 is 8.46. The Balaban J connectivity index is 1.34. The SMILES string of the molecule is O=C(CCc1nc2ccccc2c(=O)n1C1CC1)NC1CCOc2ccc(Br)cc21. The van der Waals surface area contributed by atoms with Gasteiger partial charge in [0.1, 0.15) is 11.6 Å². The van der Waals surface area contributed by atoms with Gasteiger partial charge in [0.2, 0.25) is 5.91 Å². The van der Waals surface area contributed by atoms with Crippen molar-refractivity contribution in [3.05, 3.63) is 68.7 Å². The molecule has 3 aromatic rings. The molecule has 1 aliphatic heterocycles. The summed E-state index contributed by atoms with van der Waals surface area (Å²) in [6.07, 6.45) is 3.45. The van der Waals surface area contributed by atoms with E-state index in [1.54, 1.807) is 4.57 Å². The van der Waals surface area contributed by atoms with Crippen LogP contribution in [0.25, 0.3) is 10.9 Å². The third kappa shape index (κ3) is 3.74. The Labute approximate surface area is 182 Å². The minimum absolute atomic E-state index is 0.00159. The number of hydrogen-bond donors (Lipinski definition) is 1. The molecular weight excluding hydrogens is 446 g/mol. The molecule has 30 heavy (non-hydrogen) atoms. The maximum Gasteiger partial charge on any atom is 0.261 e. The number of aryl methyl sites for hydroxylation is 1. The van der Waals surface area contributed by atoms with Crippen LogP contribution in [0.4, 0.5) is 0 Å². The lowest BCUT2D eigenvalue weighted by atomic mass is 10.0. The zero-order valence-electron chi connectivity index (χ0n) is 16.4. The summed E-state index contributed by atoms with van der Waals surface area (Å²) in [6.45, 7) is 0.576. The van der Waals surface area contributed by atoms with Gasteiger partial charge in [0.05, 0.1) is 23.6 Å². The molecule has 5 rings (SSSR count). The van der Waals surface area contributed by atoms with Gasteiger partial charge in [-0.25, -0.2) is 4.98 Å². The minimum Gasteiger partial charge on any atom is -0.493 e. The summed E-state index contributed by atoms with van der Waals surface area (Å²) in [5.74, 6) is 1.47. The Morgan fingerprint density at radius 2 is 2.03 bits per heavy atom. The number of carbonyl (C=O) groups excluding carboxylic acids is 1. The van der Waals surface area contributed by atoms with Gasteiger partial charge < -0.3 is 10.1 Å². The van der Waals surface area contributed by atoms with Crippen molar-refractivity contribution in [2.45, 2.75) is 44.2 Å². The van der Waals surface area contributed by atoms with Gasteiger partial charge in [-0.2, -0.15) is 0 Å². The molecule has 2 aliphatic rings. The van der Waals surface area contributed by atoms with Crippen LogP contribution in [-0.4, -0.2) is 22.1 Å². The van der Waals surface area contributed by atoms with E-state index >= 15 is 0 Å². The number of halogens is 1. The molecule has 1 saturated carbocycles. The molecule has 1 aliphatic carbocycles. The minimum atomic E-state index is -0.0751. The summed E-state index contributed by atoms with van der Waals surface area (Å²) in [5.41, 5.74) is 1.68. The fourth-order valence-corrected chi connectivity index (χ4v) is 4.46. The number of para-hydroxylation sites is 1. The van der Waals surface area contributed by atoms with Crippen LogP contribution in [0.1, 0.15) is 49.2 Å². The zero-order chi connectivity index (χ0) is 20.7. The lowest BCUT2D eigenvalue weighted by molar-refractivity contribution is -0.122. The van der Waals surface area contributed by atoms with Gasteiger partial charge in [0.15, 0.2) is 0 Å². The normalized spacial score (nSPS) is 18.0. The first-order valence-corrected chi connectivity index (χ1v) is 11.1. The van der Waals surface area contributed by atoms with Gasteiger partial charge in [-0.3, -0.25) is 14.2 Å². The van der Waals surface area contributed by atoms with Crippen molar-refractivity contribution in [1.82, 2.24) is 14.9 Å². The molecule has 0 saturated heterocycles. The van der Waals surface area contributed by atoms with E-state index < -0.39 is 0 Å². The van der Waals surface area contributed by atoms with Crippen molar-refractivity contribution >= 4 is 32.7 Å². The predicted octanol–water partition coefficient (Wildman–Crippen LogP) is 4.07. The number of fused-ring (bicyclic) bond motifs is 2. The van der Waals surface area contributed by atoms with Gasteiger partial charge in [-0.05, 0) is 43.2 Å². The van der Waals surface area contributed by atoms with Gasteiger partial charge in [0.25, 0.3) is 5.56 Å². The van der Waals surface area contributed by atoms with E-state index in [9.17, 15) is 9.59 Å². The topological polar surface area (TPSA) is 73.2 Å².